The van der Waals surface area contributed by atoms with Crippen LogP contribution in [0.1, 0.15) is 51.3 Å². The molecular weight excluding hydrogens is 360 g/mol. The molecule has 6 heteroatoms. The number of hydrogen-bond acceptors (Lipinski definition) is 4. The summed E-state index contributed by atoms with van der Waals surface area (Å²) >= 11 is 3.45. The summed E-state index contributed by atoms with van der Waals surface area (Å²) in [4.78, 5) is 16.2. The smallest absolute Gasteiger partial charge is 0.407 e. The van der Waals surface area contributed by atoms with E-state index in [0.29, 0.717) is 0 Å². The maximum atomic E-state index is 11.8. The third kappa shape index (κ3) is 5.37. The normalized spacial score (nSPS) is 21.1. The van der Waals surface area contributed by atoms with Gasteiger partial charge in [0, 0.05) is 18.2 Å². The van der Waals surface area contributed by atoms with Gasteiger partial charge in [-0.05, 0) is 75.0 Å². The number of amides is 1. The van der Waals surface area contributed by atoms with Crippen LogP contribution in [0.15, 0.2) is 10.7 Å². The van der Waals surface area contributed by atoms with Gasteiger partial charge >= 0.3 is 6.09 Å². The molecule has 128 valence electrons. The van der Waals surface area contributed by atoms with Gasteiger partial charge in [-0.3, -0.25) is 0 Å². The van der Waals surface area contributed by atoms with Gasteiger partial charge in [-0.25, -0.2) is 9.78 Å². The molecule has 1 aromatic heterocycles. The molecule has 0 radical (unpaired) electrons. The Hall–Kier alpha value is -1.30. The third-order valence-corrected chi connectivity index (χ3v) is 4.35. The van der Waals surface area contributed by atoms with Crippen molar-refractivity contribution < 1.29 is 14.3 Å². The molecule has 0 unspecified atom stereocenters. The molecule has 1 aliphatic rings. The van der Waals surface area contributed by atoms with Crippen molar-refractivity contribution in [2.75, 3.05) is 0 Å². The SMILES string of the molecule is Cc1cc(O[C@@H]2CC[C@H](NC(=O)OC(C)(C)C)C2)c(Br)nc1C. The predicted molar refractivity (Wildman–Crippen MR) is 92.8 cm³/mol. The minimum atomic E-state index is -0.478. The zero-order valence-corrected chi connectivity index (χ0v) is 16.0. The lowest BCUT2D eigenvalue weighted by molar-refractivity contribution is 0.0503. The molecule has 1 amide bonds. The van der Waals surface area contributed by atoms with Crippen molar-refractivity contribution in [2.24, 2.45) is 0 Å². The van der Waals surface area contributed by atoms with E-state index >= 15 is 0 Å². The van der Waals surface area contributed by atoms with E-state index in [1.54, 1.807) is 0 Å². The van der Waals surface area contributed by atoms with Crippen molar-refractivity contribution >= 4 is 22.0 Å². The van der Waals surface area contributed by atoms with Crippen LogP contribution in [-0.4, -0.2) is 28.8 Å². The van der Waals surface area contributed by atoms with E-state index in [-0.39, 0.29) is 18.2 Å². The number of pyridine rings is 1. The van der Waals surface area contributed by atoms with Gasteiger partial charge in [0.2, 0.25) is 0 Å². The van der Waals surface area contributed by atoms with Crippen LogP contribution in [0.25, 0.3) is 0 Å². The Balaban J connectivity index is 1.89. The molecule has 0 aromatic carbocycles. The molecule has 2 rings (SSSR count). The van der Waals surface area contributed by atoms with Gasteiger partial charge in [-0.15, -0.1) is 0 Å². The van der Waals surface area contributed by atoms with Gasteiger partial charge in [0.1, 0.15) is 16.3 Å². The molecule has 1 fully saturated rings. The second-order valence-electron chi connectivity index (χ2n) is 7.08. The molecule has 1 aliphatic carbocycles. The Bertz CT molecular complexity index is 584. The van der Waals surface area contributed by atoms with E-state index in [2.05, 4.69) is 26.2 Å². The summed E-state index contributed by atoms with van der Waals surface area (Å²) in [5, 5.41) is 2.92. The lowest BCUT2D eigenvalue weighted by atomic mass is 10.2. The van der Waals surface area contributed by atoms with Crippen LogP contribution < -0.4 is 10.1 Å². The van der Waals surface area contributed by atoms with Crippen LogP contribution in [0.5, 0.6) is 5.75 Å². The summed E-state index contributed by atoms with van der Waals surface area (Å²) in [6, 6.07) is 2.09. The number of nitrogens with zero attached hydrogens (tertiary/aromatic N) is 1. The first-order valence-corrected chi connectivity index (χ1v) is 8.73. The van der Waals surface area contributed by atoms with Crippen molar-refractivity contribution in [1.82, 2.24) is 10.3 Å². The lowest BCUT2D eigenvalue weighted by Gasteiger charge is -2.22. The third-order valence-electron chi connectivity index (χ3n) is 3.79. The van der Waals surface area contributed by atoms with E-state index in [0.717, 1.165) is 40.9 Å². The second kappa shape index (κ2) is 7.07. The number of alkyl carbamates (subject to hydrolysis) is 1. The Morgan fingerprint density at radius 2 is 2.04 bits per heavy atom. The molecule has 1 N–H and O–H groups in total. The number of ether oxygens (including phenoxy) is 2. The van der Waals surface area contributed by atoms with Crippen molar-refractivity contribution in [2.45, 2.75) is 71.6 Å². The highest BCUT2D eigenvalue weighted by Gasteiger charge is 2.29. The quantitative estimate of drug-likeness (QED) is 0.789. The number of rotatable bonds is 3. The minimum absolute atomic E-state index is 0.0788. The monoisotopic (exact) mass is 384 g/mol. The maximum Gasteiger partial charge on any atom is 0.407 e. The average molecular weight is 385 g/mol. The number of carbonyl (C=O) groups excluding carboxylic acids is 1. The van der Waals surface area contributed by atoms with Gasteiger partial charge in [0.15, 0.2) is 5.75 Å². The Labute approximate surface area is 146 Å². The fourth-order valence-electron chi connectivity index (χ4n) is 2.57. The highest BCUT2D eigenvalue weighted by molar-refractivity contribution is 9.10. The number of nitrogens with one attached hydrogen (secondary N) is 1. The summed E-state index contributed by atoms with van der Waals surface area (Å²) in [6.07, 6.45) is 2.28. The molecule has 0 bridgehead atoms. The molecule has 1 heterocycles. The number of aryl methyl sites for hydroxylation is 2. The predicted octanol–water partition coefficient (Wildman–Crippen LogP) is 4.29. The average Bonchev–Trinajstić information content (AvgIpc) is 2.80. The van der Waals surface area contributed by atoms with Gasteiger partial charge in [-0.1, -0.05) is 0 Å². The van der Waals surface area contributed by atoms with Crippen LogP contribution in [0, 0.1) is 13.8 Å². The standard InChI is InChI=1S/C17H25BrN2O3/c1-10-8-14(15(18)19-11(10)2)22-13-7-6-12(9-13)20-16(21)23-17(3,4)5/h8,12-13H,6-7,9H2,1-5H3,(H,20,21)/t12-,13+/m0/s1. The van der Waals surface area contributed by atoms with Gasteiger partial charge in [-0.2, -0.15) is 0 Å². The summed E-state index contributed by atoms with van der Waals surface area (Å²) in [5.74, 6) is 0.760. The molecule has 5 nitrogen and oxygen atoms in total. The second-order valence-corrected chi connectivity index (χ2v) is 7.83. The van der Waals surface area contributed by atoms with E-state index in [4.69, 9.17) is 9.47 Å². The summed E-state index contributed by atoms with van der Waals surface area (Å²) < 4.78 is 12.1. The van der Waals surface area contributed by atoms with E-state index in [9.17, 15) is 4.79 Å². The van der Waals surface area contributed by atoms with E-state index in [1.165, 1.54) is 0 Å². The summed E-state index contributed by atoms with van der Waals surface area (Å²) in [5.41, 5.74) is 1.61. The van der Waals surface area contributed by atoms with Crippen molar-refractivity contribution in [3.05, 3.63) is 21.9 Å². The van der Waals surface area contributed by atoms with Gasteiger partial charge in [0.25, 0.3) is 0 Å². The highest BCUT2D eigenvalue weighted by Crippen LogP contribution is 2.30. The van der Waals surface area contributed by atoms with Crippen molar-refractivity contribution in [1.29, 1.82) is 0 Å². The summed E-state index contributed by atoms with van der Waals surface area (Å²) in [6.45, 7) is 9.57. The largest absolute Gasteiger partial charge is 0.487 e. The fourth-order valence-corrected chi connectivity index (χ4v) is 3.04. The minimum Gasteiger partial charge on any atom is -0.487 e. The maximum absolute atomic E-state index is 11.8. The fraction of sp³-hybridized carbons (Fsp3) is 0.647. The van der Waals surface area contributed by atoms with Crippen molar-refractivity contribution in [3.8, 4) is 5.75 Å². The molecular formula is C17H25BrN2O3. The number of hydrogen-bond donors (Lipinski definition) is 1. The Morgan fingerprint density at radius 1 is 1.35 bits per heavy atom. The first kappa shape index (κ1) is 18.0. The first-order valence-electron chi connectivity index (χ1n) is 7.94. The van der Waals surface area contributed by atoms with Crippen molar-refractivity contribution in [3.63, 3.8) is 0 Å². The molecule has 1 saturated carbocycles. The zero-order chi connectivity index (χ0) is 17.2. The van der Waals surface area contributed by atoms with Gasteiger partial charge < -0.3 is 14.8 Å². The Kier molecular flexibility index (Phi) is 5.55. The highest BCUT2D eigenvalue weighted by atomic mass is 79.9. The molecule has 0 spiro atoms. The van der Waals surface area contributed by atoms with Crippen LogP contribution in [-0.2, 0) is 4.74 Å². The molecule has 0 aliphatic heterocycles. The first-order chi connectivity index (χ1) is 10.6. The molecule has 1 aromatic rings. The van der Waals surface area contributed by atoms with E-state index < -0.39 is 5.60 Å². The molecule has 23 heavy (non-hydrogen) atoms. The number of aromatic nitrogens is 1. The Morgan fingerprint density at radius 3 is 2.70 bits per heavy atom. The summed E-state index contributed by atoms with van der Waals surface area (Å²) in [7, 11) is 0. The van der Waals surface area contributed by atoms with Crippen LogP contribution in [0.4, 0.5) is 4.79 Å². The van der Waals surface area contributed by atoms with Gasteiger partial charge in [0.05, 0.1) is 0 Å². The number of carbonyl (C=O) groups is 1. The lowest BCUT2D eigenvalue weighted by Crippen LogP contribution is -2.38. The van der Waals surface area contributed by atoms with Crippen LogP contribution >= 0.6 is 15.9 Å². The van der Waals surface area contributed by atoms with Crippen LogP contribution in [0.3, 0.4) is 0 Å². The van der Waals surface area contributed by atoms with Crippen LogP contribution in [0.2, 0.25) is 0 Å². The topological polar surface area (TPSA) is 60.5 Å². The zero-order valence-electron chi connectivity index (χ0n) is 14.4. The number of halogens is 1. The molecule has 2 atom stereocenters. The molecule has 0 saturated heterocycles. The van der Waals surface area contributed by atoms with E-state index in [1.807, 2.05) is 40.7 Å².